The van der Waals surface area contributed by atoms with Gasteiger partial charge in [-0.1, -0.05) is 220 Å². The van der Waals surface area contributed by atoms with Crippen molar-refractivity contribution in [2.45, 2.75) is 43.9 Å². The fraction of sp³-hybridized carbons (Fsp3) is 0.115. The average molecular weight is 781 g/mol. The molecule has 0 unspecified atom stereocenters. The SMILES string of the molecule is CC1(C)c2ccccc2C2(c3ccc(-c4cccc(-c5ccc(C6=CCCC=C6)cc5)c4)cc3-c3c(/C(=C\Cc4ccccc4)c4ccccc4)cccc32)c2ccccc21. The third-order valence-electron chi connectivity index (χ3n) is 13.7. The predicted octanol–water partition coefficient (Wildman–Crippen LogP) is 15.4. The van der Waals surface area contributed by atoms with E-state index in [1.807, 2.05) is 0 Å². The molecule has 8 aromatic rings. The predicted molar refractivity (Wildman–Crippen MR) is 257 cm³/mol. The second kappa shape index (κ2) is 14.9. The Balaban J connectivity index is 1.14. The lowest BCUT2D eigenvalue weighted by Crippen LogP contribution is -2.40. The van der Waals surface area contributed by atoms with Gasteiger partial charge >= 0.3 is 0 Å². The topological polar surface area (TPSA) is 0 Å². The maximum atomic E-state index is 2.50. The number of rotatable bonds is 7. The standard InChI is InChI=1S/C61H48/c1-60(2)54-27-12-14-29-56(54)61(57-30-15-13-28-55(57)60)53-39-37-49(48-25-16-24-47(40-48)45-35-33-44(34-36-45)43-20-8-4-9-21-43)41-52(53)59-51(26-17-31-58(59)61)50(46-22-10-5-11-23-46)38-32-42-18-6-3-7-19-42/h3,5-8,10-31,33-41H,4,9,32H2,1-2H3/b50-38-. The number of hydrogen-bond donors (Lipinski definition) is 0. The van der Waals surface area contributed by atoms with Gasteiger partial charge in [0.15, 0.2) is 0 Å². The molecule has 0 heteroatoms. The van der Waals surface area contributed by atoms with Crippen LogP contribution in [0.1, 0.15) is 82.3 Å². The first-order valence-electron chi connectivity index (χ1n) is 21.9. The summed E-state index contributed by atoms with van der Waals surface area (Å²) in [6, 6.07) is 73.0. The van der Waals surface area contributed by atoms with Gasteiger partial charge in [0.2, 0.25) is 0 Å². The fourth-order valence-electron chi connectivity index (χ4n) is 10.8. The Morgan fingerprint density at radius 3 is 1.74 bits per heavy atom. The molecule has 0 aliphatic heterocycles. The largest absolute Gasteiger partial charge is 0.0836 e. The molecule has 8 aromatic carbocycles. The normalized spacial score (nSPS) is 15.4. The second-order valence-electron chi connectivity index (χ2n) is 17.4. The molecule has 0 heterocycles. The summed E-state index contributed by atoms with van der Waals surface area (Å²) >= 11 is 0. The number of benzene rings is 8. The van der Waals surface area contributed by atoms with E-state index in [9.17, 15) is 0 Å². The maximum absolute atomic E-state index is 2.50. The fourth-order valence-corrected chi connectivity index (χ4v) is 10.8. The van der Waals surface area contributed by atoms with Crippen LogP contribution in [0.25, 0.3) is 44.5 Å². The quantitative estimate of drug-likeness (QED) is 0.151. The third-order valence-corrected chi connectivity index (χ3v) is 13.7. The highest BCUT2D eigenvalue weighted by Gasteiger charge is 2.53. The molecule has 61 heavy (non-hydrogen) atoms. The molecule has 0 saturated carbocycles. The van der Waals surface area contributed by atoms with Crippen LogP contribution in [-0.4, -0.2) is 0 Å². The molecule has 0 amide bonds. The van der Waals surface area contributed by atoms with Crippen molar-refractivity contribution >= 4 is 11.1 Å². The lowest BCUT2D eigenvalue weighted by Gasteiger charge is -2.46. The van der Waals surface area contributed by atoms with Gasteiger partial charge in [0.05, 0.1) is 5.41 Å². The third kappa shape index (κ3) is 6.04. The first kappa shape index (κ1) is 37.0. The number of allylic oxidation sites excluding steroid dienone is 5. The molecule has 3 aliphatic carbocycles. The van der Waals surface area contributed by atoms with E-state index in [0.29, 0.717) is 0 Å². The summed E-state index contributed by atoms with van der Waals surface area (Å²) in [5.74, 6) is 0. The van der Waals surface area contributed by atoms with Gasteiger partial charge in [0, 0.05) is 5.41 Å². The van der Waals surface area contributed by atoms with Crippen LogP contribution in [0.15, 0.2) is 218 Å². The van der Waals surface area contributed by atoms with Crippen LogP contribution in [-0.2, 0) is 17.3 Å². The Morgan fingerprint density at radius 2 is 1.05 bits per heavy atom. The zero-order valence-corrected chi connectivity index (χ0v) is 34.9. The summed E-state index contributed by atoms with van der Waals surface area (Å²) in [7, 11) is 0. The summed E-state index contributed by atoms with van der Waals surface area (Å²) in [5, 5.41) is 0. The van der Waals surface area contributed by atoms with Crippen molar-refractivity contribution in [2.75, 3.05) is 0 Å². The van der Waals surface area contributed by atoms with E-state index < -0.39 is 5.41 Å². The molecular formula is C61H48. The lowest BCUT2D eigenvalue weighted by atomic mass is 9.55. The molecule has 11 rings (SSSR count). The summed E-state index contributed by atoms with van der Waals surface area (Å²) in [5.41, 5.74) is 22.8. The molecule has 0 saturated heterocycles. The van der Waals surface area contributed by atoms with Crippen molar-refractivity contribution < 1.29 is 0 Å². The second-order valence-corrected chi connectivity index (χ2v) is 17.4. The van der Waals surface area contributed by atoms with Crippen LogP contribution in [0.2, 0.25) is 0 Å². The Bertz CT molecular complexity index is 2990. The van der Waals surface area contributed by atoms with Gasteiger partial charge in [-0.15, -0.1) is 0 Å². The Kier molecular flexibility index (Phi) is 9.05. The Hall–Kier alpha value is -7.02. The van der Waals surface area contributed by atoms with E-state index in [1.54, 1.807) is 0 Å². The van der Waals surface area contributed by atoms with Gasteiger partial charge in [-0.3, -0.25) is 0 Å². The summed E-state index contributed by atoms with van der Waals surface area (Å²) in [6.45, 7) is 4.80. The van der Waals surface area contributed by atoms with Crippen molar-refractivity contribution in [3.8, 4) is 33.4 Å². The van der Waals surface area contributed by atoms with Gasteiger partial charge in [0.25, 0.3) is 0 Å². The highest BCUT2D eigenvalue weighted by atomic mass is 14.5. The molecule has 0 fully saturated rings. The van der Waals surface area contributed by atoms with Gasteiger partial charge in [-0.25, -0.2) is 0 Å². The number of hydrogen-bond acceptors (Lipinski definition) is 0. The maximum Gasteiger partial charge on any atom is 0.0719 e. The van der Waals surface area contributed by atoms with E-state index in [1.165, 1.54) is 100 Å². The molecule has 0 bridgehead atoms. The summed E-state index contributed by atoms with van der Waals surface area (Å²) < 4.78 is 0. The zero-order valence-electron chi connectivity index (χ0n) is 34.9. The van der Waals surface area contributed by atoms with Gasteiger partial charge in [-0.05, 0) is 132 Å². The lowest BCUT2D eigenvalue weighted by molar-refractivity contribution is 0.563. The minimum Gasteiger partial charge on any atom is -0.0836 e. The Labute approximate surface area is 360 Å². The van der Waals surface area contributed by atoms with Crippen molar-refractivity contribution in [2.24, 2.45) is 0 Å². The highest BCUT2D eigenvalue weighted by molar-refractivity contribution is 5.98. The minimum atomic E-state index is -0.490. The molecule has 0 radical (unpaired) electrons. The molecule has 0 N–H and O–H groups in total. The van der Waals surface area contributed by atoms with E-state index in [4.69, 9.17) is 0 Å². The van der Waals surface area contributed by atoms with E-state index in [0.717, 1.165) is 19.3 Å². The summed E-state index contributed by atoms with van der Waals surface area (Å²) in [6.07, 6.45) is 12.4. The molecule has 0 aromatic heterocycles. The molecule has 1 spiro atoms. The zero-order chi connectivity index (χ0) is 41.0. The Morgan fingerprint density at radius 1 is 0.475 bits per heavy atom. The van der Waals surface area contributed by atoms with Crippen LogP contribution in [0.3, 0.4) is 0 Å². The monoisotopic (exact) mass is 780 g/mol. The minimum absolute atomic E-state index is 0.160. The first-order valence-corrected chi connectivity index (χ1v) is 21.9. The smallest absolute Gasteiger partial charge is 0.0719 e. The molecule has 0 nitrogen and oxygen atoms in total. The summed E-state index contributed by atoms with van der Waals surface area (Å²) in [4.78, 5) is 0. The van der Waals surface area contributed by atoms with Gasteiger partial charge in [0.1, 0.15) is 0 Å². The van der Waals surface area contributed by atoms with Crippen molar-refractivity contribution in [3.05, 3.63) is 274 Å². The van der Waals surface area contributed by atoms with Gasteiger partial charge < -0.3 is 0 Å². The van der Waals surface area contributed by atoms with Crippen molar-refractivity contribution in [1.82, 2.24) is 0 Å². The van der Waals surface area contributed by atoms with Gasteiger partial charge in [-0.2, -0.15) is 0 Å². The number of fused-ring (bicyclic) bond motifs is 9. The van der Waals surface area contributed by atoms with Crippen LogP contribution in [0.5, 0.6) is 0 Å². The molecule has 0 atom stereocenters. The highest BCUT2D eigenvalue weighted by Crippen LogP contribution is 2.63. The van der Waals surface area contributed by atoms with Crippen LogP contribution in [0.4, 0.5) is 0 Å². The van der Waals surface area contributed by atoms with Crippen LogP contribution >= 0.6 is 0 Å². The van der Waals surface area contributed by atoms with Crippen molar-refractivity contribution in [1.29, 1.82) is 0 Å². The van der Waals surface area contributed by atoms with Crippen LogP contribution < -0.4 is 0 Å². The molecule has 3 aliphatic rings. The van der Waals surface area contributed by atoms with E-state index in [-0.39, 0.29) is 5.41 Å². The van der Waals surface area contributed by atoms with Crippen molar-refractivity contribution in [3.63, 3.8) is 0 Å². The molecular weight excluding hydrogens is 733 g/mol. The average Bonchev–Trinajstić information content (AvgIpc) is 3.63. The first-order chi connectivity index (χ1) is 30.0. The van der Waals surface area contributed by atoms with Crippen LogP contribution in [0, 0.1) is 0 Å². The van der Waals surface area contributed by atoms with E-state index >= 15 is 0 Å². The van der Waals surface area contributed by atoms with E-state index in [2.05, 4.69) is 232 Å². The molecule has 292 valence electrons.